The van der Waals surface area contributed by atoms with Gasteiger partial charge < -0.3 is 24.4 Å². The van der Waals surface area contributed by atoms with Crippen LogP contribution in [0.5, 0.6) is 5.75 Å². The van der Waals surface area contributed by atoms with Crippen LogP contribution in [0, 0.1) is 0 Å². The summed E-state index contributed by atoms with van der Waals surface area (Å²) in [4.78, 5) is 28.5. The Kier molecular flexibility index (Phi) is 5.65. The van der Waals surface area contributed by atoms with E-state index in [-0.39, 0.29) is 30.4 Å². The number of β-amino-alcohol motifs (C(OH)–C–C–N with tert-alkyl or cyclic N) is 1. The van der Waals surface area contributed by atoms with Crippen LogP contribution in [0.4, 0.5) is 8.78 Å². The molecule has 2 aromatic carbocycles. The van der Waals surface area contributed by atoms with Gasteiger partial charge in [-0.1, -0.05) is 12.1 Å². The van der Waals surface area contributed by atoms with Gasteiger partial charge in [-0.05, 0) is 43.7 Å². The third kappa shape index (κ3) is 3.81. The zero-order valence-electron chi connectivity index (χ0n) is 20.7. The number of aliphatic hydroxyl groups is 2. The minimum absolute atomic E-state index is 0.0538. The Morgan fingerprint density at radius 3 is 2.58 bits per heavy atom. The second-order valence-corrected chi connectivity index (χ2v) is 9.98. The number of ether oxygens (including phenoxy) is 1. The van der Waals surface area contributed by atoms with E-state index >= 15 is 0 Å². The molecule has 0 saturated carbocycles. The van der Waals surface area contributed by atoms with Gasteiger partial charge in [0, 0.05) is 42.0 Å². The Labute approximate surface area is 216 Å². The lowest BCUT2D eigenvalue weighted by molar-refractivity contribution is -0.0507. The minimum Gasteiger partial charge on any atom is -0.434 e. The summed E-state index contributed by atoms with van der Waals surface area (Å²) in [6.45, 7) is -0.00386. The van der Waals surface area contributed by atoms with Crippen LogP contribution in [0.1, 0.15) is 59.9 Å². The van der Waals surface area contributed by atoms with Crippen molar-refractivity contribution in [2.45, 2.75) is 44.6 Å². The number of carbonyl (C=O) groups excluding carboxylic acids is 1. The highest BCUT2D eigenvalue weighted by Gasteiger charge is 2.46. The van der Waals surface area contributed by atoms with Gasteiger partial charge in [0.1, 0.15) is 17.2 Å². The average molecular weight is 522 g/mol. The molecule has 2 atom stereocenters. The first-order chi connectivity index (χ1) is 18.2. The van der Waals surface area contributed by atoms with E-state index in [0.717, 1.165) is 16.6 Å². The van der Waals surface area contributed by atoms with E-state index < -0.39 is 24.3 Å². The highest BCUT2D eigenvalue weighted by atomic mass is 19.3. The van der Waals surface area contributed by atoms with Crippen LogP contribution in [0.3, 0.4) is 0 Å². The summed E-state index contributed by atoms with van der Waals surface area (Å²) in [5.74, 6) is 0.510. The third-order valence-corrected chi connectivity index (χ3v) is 7.13. The number of rotatable bonds is 6. The number of amides is 1. The Bertz CT molecular complexity index is 1550. The number of alkyl halides is 2. The number of nitrogens with zero attached hydrogens (tertiary/aromatic N) is 5. The lowest BCUT2D eigenvalue weighted by Gasteiger charge is -2.27. The summed E-state index contributed by atoms with van der Waals surface area (Å²) in [5, 5.41) is 19.9. The summed E-state index contributed by atoms with van der Waals surface area (Å²) in [5.41, 5.74) is 2.45. The Morgan fingerprint density at radius 1 is 1.13 bits per heavy atom. The quantitative estimate of drug-likeness (QED) is 0.397. The van der Waals surface area contributed by atoms with Gasteiger partial charge >= 0.3 is 6.61 Å². The van der Waals surface area contributed by atoms with Crippen molar-refractivity contribution in [2.24, 2.45) is 0 Å². The van der Waals surface area contributed by atoms with E-state index in [9.17, 15) is 23.8 Å². The van der Waals surface area contributed by atoms with Crippen molar-refractivity contribution in [3.63, 3.8) is 0 Å². The molecule has 0 spiro atoms. The van der Waals surface area contributed by atoms with Crippen molar-refractivity contribution in [1.29, 1.82) is 0 Å². The van der Waals surface area contributed by atoms with Gasteiger partial charge in [0.05, 0.1) is 29.7 Å². The highest BCUT2D eigenvalue weighted by molar-refractivity contribution is 5.98. The molecule has 9 nitrogen and oxygen atoms in total. The van der Waals surface area contributed by atoms with Crippen LogP contribution in [-0.4, -0.2) is 60.3 Å². The molecule has 2 aromatic heterocycles. The predicted octanol–water partition coefficient (Wildman–Crippen LogP) is 3.80. The maximum absolute atomic E-state index is 13.5. The van der Waals surface area contributed by atoms with E-state index in [1.165, 1.54) is 12.1 Å². The Hall–Kier alpha value is -3.96. The number of carbonyl (C=O) groups is 1. The number of hydrogen-bond donors (Lipinski definition) is 2. The first-order valence-electron chi connectivity index (χ1n) is 12.2. The van der Waals surface area contributed by atoms with Gasteiger partial charge in [0.15, 0.2) is 5.82 Å². The van der Waals surface area contributed by atoms with Gasteiger partial charge in [-0.25, -0.2) is 15.0 Å². The molecule has 2 N–H and O–H groups in total. The van der Waals surface area contributed by atoms with Gasteiger partial charge in [-0.2, -0.15) is 8.78 Å². The monoisotopic (exact) mass is 521 g/mol. The smallest absolute Gasteiger partial charge is 0.387 e. The van der Waals surface area contributed by atoms with Crippen molar-refractivity contribution < 1.29 is 28.5 Å². The topological polar surface area (TPSA) is 114 Å². The second-order valence-electron chi connectivity index (χ2n) is 9.98. The van der Waals surface area contributed by atoms with Crippen LogP contribution in [0.25, 0.3) is 22.2 Å². The molecule has 2 aliphatic heterocycles. The van der Waals surface area contributed by atoms with E-state index in [0.29, 0.717) is 29.1 Å². The fourth-order valence-corrected chi connectivity index (χ4v) is 5.52. The molecule has 2 bridgehead atoms. The molecular weight excluding hydrogens is 496 g/mol. The van der Waals surface area contributed by atoms with Crippen LogP contribution in [-0.2, 0) is 5.60 Å². The summed E-state index contributed by atoms with van der Waals surface area (Å²) in [7, 11) is 0. The summed E-state index contributed by atoms with van der Waals surface area (Å²) in [6.07, 6.45) is 3.68. The number of fused-ring (bicyclic) bond motifs is 9. The van der Waals surface area contributed by atoms with Crippen molar-refractivity contribution >= 4 is 16.9 Å². The minimum atomic E-state index is -3.05. The molecule has 11 heteroatoms. The molecule has 4 aromatic rings. The molecule has 0 unspecified atom stereocenters. The fourth-order valence-electron chi connectivity index (χ4n) is 5.52. The van der Waals surface area contributed by atoms with Gasteiger partial charge in [0.25, 0.3) is 5.91 Å². The zero-order valence-corrected chi connectivity index (χ0v) is 20.7. The molecule has 196 valence electrons. The Balaban J connectivity index is 1.53. The first-order valence-corrected chi connectivity index (χ1v) is 12.2. The number of hydrogen-bond acceptors (Lipinski definition) is 7. The summed E-state index contributed by atoms with van der Waals surface area (Å²) < 4.78 is 33.6. The van der Waals surface area contributed by atoms with E-state index in [1.807, 2.05) is 22.8 Å². The molecule has 0 radical (unpaired) electrons. The largest absolute Gasteiger partial charge is 0.434 e. The summed E-state index contributed by atoms with van der Waals surface area (Å²) in [6, 6.07) is 9.30. The second kappa shape index (κ2) is 8.81. The maximum atomic E-state index is 13.5. The molecule has 2 aliphatic rings. The average Bonchev–Trinajstić information content (AvgIpc) is 3.39. The molecule has 4 heterocycles. The molecular formula is C27H25F2N5O4. The fraction of sp³-hybridized carbons (Fsp3) is 0.333. The standard InChI is InChI=1S/C27H25F2N5O4/c1-27(2,37)25-30-12-15(13-31-25)14-6-7-17-18(10-14)34-19-11-20(23(34)32-17)33(8-9-35)24(36)16-4-3-5-21(22(16)19)38-26(28)29/h3-7,10,12-13,19-20,26,35,37H,8-9,11H2,1-2H3/t19-,20-/m1/s1. The molecule has 0 aliphatic carbocycles. The normalized spacial score (nSPS) is 18.6. The number of halogens is 2. The molecule has 0 saturated heterocycles. The first kappa shape index (κ1) is 24.4. The molecule has 1 amide bonds. The van der Waals surface area contributed by atoms with Crippen LogP contribution < -0.4 is 4.74 Å². The Morgan fingerprint density at radius 2 is 1.89 bits per heavy atom. The number of benzene rings is 2. The van der Waals surface area contributed by atoms with E-state index in [2.05, 4.69) is 9.97 Å². The van der Waals surface area contributed by atoms with Gasteiger partial charge in [-0.3, -0.25) is 4.79 Å². The maximum Gasteiger partial charge on any atom is 0.387 e. The molecule has 38 heavy (non-hydrogen) atoms. The van der Waals surface area contributed by atoms with E-state index in [4.69, 9.17) is 9.72 Å². The molecule has 6 rings (SSSR count). The van der Waals surface area contributed by atoms with Gasteiger partial charge in [0.2, 0.25) is 0 Å². The lowest BCUT2D eigenvalue weighted by atomic mass is 9.97. The SMILES string of the molecule is CC(C)(O)c1ncc(-c2ccc3nc4n(c3c2)[C@@H]2C[C@H]4N(CCO)C(=O)c3cccc(OC(F)F)c32)cn1. The van der Waals surface area contributed by atoms with Crippen molar-refractivity contribution in [3.05, 3.63) is 71.6 Å². The van der Waals surface area contributed by atoms with Gasteiger partial charge in [-0.15, -0.1) is 0 Å². The zero-order chi connectivity index (χ0) is 26.8. The van der Waals surface area contributed by atoms with Crippen molar-refractivity contribution in [1.82, 2.24) is 24.4 Å². The van der Waals surface area contributed by atoms with Crippen LogP contribution >= 0.6 is 0 Å². The predicted molar refractivity (Wildman–Crippen MR) is 133 cm³/mol. The van der Waals surface area contributed by atoms with Crippen LogP contribution in [0.15, 0.2) is 48.8 Å². The third-order valence-electron chi connectivity index (χ3n) is 7.13. The summed E-state index contributed by atoms with van der Waals surface area (Å²) >= 11 is 0. The number of aromatic nitrogens is 4. The lowest BCUT2D eigenvalue weighted by Crippen LogP contribution is -2.36. The van der Waals surface area contributed by atoms with Crippen LogP contribution in [0.2, 0.25) is 0 Å². The van der Waals surface area contributed by atoms with Crippen molar-refractivity contribution in [2.75, 3.05) is 13.2 Å². The van der Waals surface area contributed by atoms with E-state index in [1.54, 1.807) is 37.2 Å². The molecule has 0 fully saturated rings. The highest BCUT2D eigenvalue weighted by Crippen LogP contribution is 2.50. The number of imidazole rings is 1. The number of aliphatic hydroxyl groups excluding tert-OH is 1. The van der Waals surface area contributed by atoms with Crippen molar-refractivity contribution in [3.8, 4) is 16.9 Å².